The van der Waals surface area contributed by atoms with Crippen LogP contribution < -0.4 is 0 Å². The normalized spacial score (nSPS) is 12.0. The summed E-state index contributed by atoms with van der Waals surface area (Å²) in [5, 5.41) is 1.14. The van der Waals surface area contributed by atoms with Crippen molar-refractivity contribution in [2.75, 3.05) is 7.05 Å². The van der Waals surface area contributed by atoms with Gasteiger partial charge in [0, 0.05) is 27.1 Å². The average molecular weight is 387 g/mol. The Morgan fingerprint density at radius 3 is 2.33 bits per heavy atom. The lowest BCUT2D eigenvalue weighted by molar-refractivity contribution is 0.0742. The number of rotatable bonds is 3. The number of carbonyl (C=O) groups excluding carboxylic acids is 1. The molecule has 0 aromatic heterocycles. The zero-order chi connectivity index (χ0) is 15.6. The smallest absolute Gasteiger partial charge is 0.254 e. The Bertz CT molecular complexity index is 658. The van der Waals surface area contributed by atoms with Crippen molar-refractivity contribution in [2.45, 2.75) is 13.0 Å². The minimum absolute atomic E-state index is 0.0546. The largest absolute Gasteiger partial charge is 0.335 e. The molecule has 110 valence electrons. The van der Waals surface area contributed by atoms with Crippen LogP contribution in [-0.2, 0) is 0 Å². The van der Waals surface area contributed by atoms with Crippen LogP contribution in [0.3, 0.4) is 0 Å². The van der Waals surface area contributed by atoms with E-state index in [0.29, 0.717) is 15.6 Å². The van der Waals surface area contributed by atoms with Crippen LogP contribution in [0.2, 0.25) is 10.0 Å². The van der Waals surface area contributed by atoms with E-state index in [1.807, 2.05) is 25.1 Å². The molecule has 1 atom stereocenters. The summed E-state index contributed by atoms with van der Waals surface area (Å²) in [6.07, 6.45) is 0. The zero-order valence-corrected chi connectivity index (χ0v) is 14.7. The summed E-state index contributed by atoms with van der Waals surface area (Å²) in [4.78, 5) is 14.2. The van der Waals surface area contributed by atoms with Gasteiger partial charge in [0.15, 0.2) is 0 Å². The molecule has 2 aromatic rings. The van der Waals surface area contributed by atoms with Gasteiger partial charge in [-0.1, -0.05) is 45.2 Å². The fourth-order valence-corrected chi connectivity index (χ4v) is 2.85. The third kappa shape index (κ3) is 3.79. The van der Waals surface area contributed by atoms with Gasteiger partial charge in [0.1, 0.15) is 0 Å². The molecule has 2 rings (SSSR count). The van der Waals surface area contributed by atoms with Gasteiger partial charge in [0.05, 0.1) is 6.04 Å². The maximum Gasteiger partial charge on any atom is 0.254 e. The second-order valence-electron chi connectivity index (χ2n) is 4.76. The molecular formula is C16H14BrCl2NO. The first-order chi connectivity index (χ1) is 9.90. The van der Waals surface area contributed by atoms with Gasteiger partial charge in [-0.2, -0.15) is 0 Å². The number of carbonyl (C=O) groups is 1. The van der Waals surface area contributed by atoms with Gasteiger partial charge in [-0.25, -0.2) is 0 Å². The van der Waals surface area contributed by atoms with E-state index in [-0.39, 0.29) is 11.9 Å². The van der Waals surface area contributed by atoms with Crippen LogP contribution in [0.25, 0.3) is 0 Å². The van der Waals surface area contributed by atoms with E-state index in [0.717, 1.165) is 10.0 Å². The SMILES string of the molecule is CC(c1ccc(Cl)cc1Cl)N(C)C(=O)c1ccc(Br)cc1. The number of hydrogen-bond donors (Lipinski definition) is 0. The van der Waals surface area contributed by atoms with E-state index in [2.05, 4.69) is 15.9 Å². The topological polar surface area (TPSA) is 20.3 Å². The standard InChI is InChI=1S/C16H14BrCl2NO/c1-10(14-8-7-13(18)9-15(14)19)20(2)16(21)11-3-5-12(17)6-4-11/h3-10H,1-2H3. The maximum absolute atomic E-state index is 12.5. The highest BCUT2D eigenvalue weighted by Crippen LogP contribution is 2.29. The second-order valence-corrected chi connectivity index (χ2v) is 6.52. The van der Waals surface area contributed by atoms with Crippen LogP contribution in [0, 0.1) is 0 Å². The van der Waals surface area contributed by atoms with Crippen LogP contribution in [-0.4, -0.2) is 17.9 Å². The molecule has 0 aliphatic rings. The fourth-order valence-electron chi connectivity index (χ4n) is 2.02. The van der Waals surface area contributed by atoms with Gasteiger partial charge in [0.2, 0.25) is 0 Å². The summed E-state index contributed by atoms with van der Waals surface area (Å²) < 4.78 is 0.940. The molecule has 0 heterocycles. The van der Waals surface area contributed by atoms with E-state index in [4.69, 9.17) is 23.2 Å². The second kappa shape index (κ2) is 6.82. The molecule has 0 aliphatic heterocycles. The van der Waals surface area contributed by atoms with Crippen LogP contribution in [0.5, 0.6) is 0 Å². The maximum atomic E-state index is 12.5. The number of nitrogens with zero attached hydrogens (tertiary/aromatic N) is 1. The quantitative estimate of drug-likeness (QED) is 0.673. The van der Waals surface area contributed by atoms with Crippen LogP contribution in [0.4, 0.5) is 0 Å². The molecule has 0 saturated carbocycles. The first-order valence-corrected chi connectivity index (χ1v) is 7.92. The predicted octanol–water partition coefficient (Wildman–Crippen LogP) is 5.59. The monoisotopic (exact) mass is 385 g/mol. The highest BCUT2D eigenvalue weighted by Gasteiger charge is 2.20. The Morgan fingerprint density at radius 1 is 1.14 bits per heavy atom. The molecule has 0 spiro atoms. The van der Waals surface area contributed by atoms with Gasteiger partial charge in [-0.3, -0.25) is 4.79 Å². The van der Waals surface area contributed by atoms with Gasteiger partial charge < -0.3 is 4.90 Å². The Kier molecular flexibility index (Phi) is 5.31. The number of hydrogen-bond acceptors (Lipinski definition) is 1. The van der Waals surface area contributed by atoms with Crippen molar-refractivity contribution < 1.29 is 4.79 Å². The minimum Gasteiger partial charge on any atom is -0.335 e. The first-order valence-electron chi connectivity index (χ1n) is 6.38. The molecule has 21 heavy (non-hydrogen) atoms. The molecule has 0 fully saturated rings. The molecule has 5 heteroatoms. The summed E-state index contributed by atoms with van der Waals surface area (Å²) in [5.74, 6) is -0.0546. The summed E-state index contributed by atoms with van der Waals surface area (Å²) in [6, 6.07) is 12.4. The zero-order valence-electron chi connectivity index (χ0n) is 11.6. The van der Waals surface area contributed by atoms with Crippen molar-refractivity contribution in [3.8, 4) is 0 Å². The van der Waals surface area contributed by atoms with Gasteiger partial charge in [-0.15, -0.1) is 0 Å². The lowest BCUT2D eigenvalue weighted by Gasteiger charge is -2.26. The number of benzene rings is 2. The van der Waals surface area contributed by atoms with Crippen molar-refractivity contribution >= 4 is 45.0 Å². The van der Waals surface area contributed by atoms with Gasteiger partial charge in [0.25, 0.3) is 5.91 Å². The number of halogens is 3. The third-order valence-corrected chi connectivity index (χ3v) is 4.50. The van der Waals surface area contributed by atoms with E-state index < -0.39 is 0 Å². The van der Waals surface area contributed by atoms with Crippen molar-refractivity contribution in [3.63, 3.8) is 0 Å². The van der Waals surface area contributed by atoms with E-state index in [1.165, 1.54) is 0 Å². The van der Waals surface area contributed by atoms with Crippen molar-refractivity contribution in [1.82, 2.24) is 4.90 Å². The molecule has 0 N–H and O–H groups in total. The number of amides is 1. The average Bonchev–Trinajstić information content (AvgIpc) is 2.46. The Morgan fingerprint density at radius 2 is 1.76 bits per heavy atom. The molecule has 1 amide bonds. The highest BCUT2D eigenvalue weighted by molar-refractivity contribution is 9.10. The summed E-state index contributed by atoms with van der Waals surface area (Å²) in [5.41, 5.74) is 1.51. The van der Waals surface area contributed by atoms with Crippen LogP contribution >= 0.6 is 39.1 Å². The van der Waals surface area contributed by atoms with E-state index >= 15 is 0 Å². The van der Waals surface area contributed by atoms with E-state index in [1.54, 1.807) is 36.2 Å². The molecule has 2 aromatic carbocycles. The Balaban J connectivity index is 2.24. The summed E-state index contributed by atoms with van der Waals surface area (Å²) in [6.45, 7) is 1.94. The van der Waals surface area contributed by atoms with Gasteiger partial charge >= 0.3 is 0 Å². The lowest BCUT2D eigenvalue weighted by Crippen LogP contribution is -2.29. The third-order valence-electron chi connectivity index (χ3n) is 3.41. The van der Waals surface area contributed by atoms with Crippen molar-refractivity contribution in [3.05, 3.63) is 68.1 Å². The summed E-state index contributed by atoms with van der Waals surface area (Å²) >= 11 is 15.5. The Labute approximate surface area is 142 Å². The van der Waals surface area contributed by atoms with Crippen molar-refractivity contribution in [1.29, 1.82) is 0 Å². The molecule has 0 saturated heterocycles. The summed E-state index contributed by atoms with van der Waals surface area (Å²) in [7, 11) is 1.76. The minimum atomic E-state index is -0.147. The lowest BCUT2D eigenvalue weighted by atomic mass is 10.1. The van der Waals surface area contributed by atoms with Crippen LogP contribution in [0.1, 0.15) is 28.9 Å². The molecular weight excluding hydrogens is 373 g/mol. The van der Waals surface area contributed by atoms with E-state index in [9.17, 15) is 4.79 Å². The Hall–Kier alpha value is -1.03. The molecule has 0 radical (unpaired) electrons. The van der Waals surface area contributed by atoms with Crippen molar-refractivity contribution in [2.24, 2.45) is 0 Å². The highest BCUT2D eigenvalue weighted by atomic mass is 79.9. The first kappa shape index (κ1) is 16.3. The van der Waals surface area contributed by atoms with Crippen LogP contribution in [0.15, 0.2) is 46.9 Å². The fraction of sp³-hybridized carbons (Fsp3) is 0.188. The predicted molar refractivity (Wildman–Crippen MR) is 91.1 cm³/mol. The molecule has 0 aliphatic carbocycles. The molecule has 0 bridgehead atoms. The van der Waals surface area contributed by atoms with Gasteiger partial charge in [-0.05, 0) is 48.9 Å². The molecule has 1 unspecified atom stereocenters. The molecule has 2 nitrogen and oxygen atoms in total.